The van der Waals surface area contributed by atoms with Gasteiger partial charge in [-0.1, -0.05) is 30.9 Å². The summed E-state index contributed by atoms with van der Waals surface area (Å²) in [5.41, 5.74) is -0.638. The van der Waals surface area contributed by atoms with E-state index >= 15 is 0 Å². The van der Waals surface area contributed by atoms with E-state index in [1.165, 1.54) is 18.2 Å². The lowest BCUT2D eigenvalue weighted by Crippen LogP contribution is -2.42. The van der Waals surface area contributed by atoms with Crippen molar-refractivity contribution in [3.63, 3.8) is 0 Å². The Morgan fingerprint density at radius 1 is 1.21 bits per heavy atom. The number of benzene rings is 1. The molecule has 0 bridgehead atoms. The van der Waals surface area contributed by atoms with Crippen molar-refractivity contribution in [2.45, 2.75) is 57.4 Å². The fraction of sp³-hybridized carbons (Fsp3) is 0.556. The van der Waals surface area contributed by atoms with Gasteiger partial charge in [0.2, 0.25) is 11.8 Å². The molecule has 2 aliphatic rings. The zero-order chi connectivity index (χ0) is 17.2. The van der Waals surface area contributed by atoms with Crippen LogP contribution in [-0.4, -0.2) is 17.9 Å². The van der Waals surface area contributed by atoms with Crippen LogP contribution >= 0.6 is 11.6 Å². The minimum atomic E-state index is -0.747. The van der Waals surface area contributed by atoms with Crippen molar-refractivity contribution in [2.24, 2.45) is 5.41 Å². The molecular weight excluding hydrogens is 331 g/mol. The van der Waals surface area contributed by atoms with Crippen molar-refractivity contribution in [1.29, 1.82) is 0 Å². The number of hydrogen-bond donors (Lipinski definition) is 2. The fourth-order valence-corrected chi connectivity index (χ4v) is 3.53. The highest BCUT2D eigenvalue weighted by Crippen LogP contribution is 2.41. The molecule has 6 heteroatoms. The minimum absolute atomic E-state index is 0.0777. The number of carbonyl (C=O) groups is 2. The summed E-state index contributed by atoms with van der Waals surface area (Å²) in [7, 11) is 0. The molecule has 0 spiro atoms. The molecule has 0 unspecified atom stereocenters. The first-order valence-corrected chi connectivity index (χ1v) is 8.92. The lowest BCUT2D eigenvalue weighted by atomic mass is 9.70. The van der Waals surface area contributed by atoms with Crippen LogP contribution in [0.1, 0.15) is 51.4 Å². The van der Waals surface area contributed by atoms with Crippen LogP contribution in [0.5, 0.6) is 0 Å². The van der Waals surface area contributed by atoms with Gasteiger partial charge in [0.15, 0.2) is 0 Å². The Balaban J connectivity index is 1.73. The van der Waals surface area contributed by atoms with Crippen LogP contribution < -0.4 is 10.6 Å². The molecule has 1 aromatic rings. The fourth-order valence-electron chi connectivity index (χ4n) is 3.37. The highest BCUT2D eigenvalue weighted by Gasteiger charge is 2.42. The van der Waals surface area contributed by atoms with Gasteiger partial charge in [0.05, 0.1) is 11.1 Å². The third-order valence-electron chi connectivity index (χ3n) is 4.91. The predicted molar refractivity (Wildman–Crippen MR) is 91.3 cm³/mol. The molecule has 2 N–H and O–H groups in total. The van der Waals surface area contributed by atoms with Gasteiger partial charge in [-0.3, -0.25) is 9.59 Å². The Kier molecular flexibility index (Phi) is 5.09. The zero-order valence-electron chi connectivity index (χ0n) is 13.5. The number of carbonyl (C=O) groups excluding carboxylic acids is 2. The van der Waals surface area contributed by atoms with Crippen LogP contribution in [0.15, 0.2) is 18.2 Å². The SMILES string of the molecule is O=C(CC1(C(=O)Nc2ccc(Cl)cc2F)CCCCC1)NC1CC1. The first-order chi connectivity index (χ1) is 11.5. The van der Waals surface area contributed by atoms with E-state index in [4.69, 9.17) is 11.6 Å². The van der Waals surface area contributed by atoms with Gasteiger partial charge in [-0.25, -0.2) is 4.39 Å². The molecule has 130 valence electrons. The molecule has 0 aliphatic heterocycles. The average molecular weight is 353 g/mol. The van der Waals surface area contributed by atoms with Crippen LogP contribution in [0.4, 0.5) is 10.1 Å². The number of amides is 2. The molecule has 3 rings (SSSR count). The molecule has 0 heterocycles. The molecule has 2 aliphatic carbocycles. The van der Waals surface area contributed by atoms with Crippen LogP contribution in [0.25, 0.3) is 0 Å². The van der Waals surface area contributed by atoms with E-state index in [2.05, 4.69) is 10.6 Å². The third-order valence-corrected chi connectivity index (χ3v) is 5.15. The lowest BCUT2D eigenvalue weighted by Gasteiger charge is -2.35. The summed E-state index contributed by atoms with van der Waals surface area (Å²) in [6.45, 7) is 0. The topological polar surface area (TPSA) is 58.2 Å². The first-order valence-electron chi connectivity index (χ1n) is 8.54. The third kappa shape index (κ3) is 4.07. The van der Waals surface area contributed by atoms with Gasteiger partial charge in [0.1, 0.15) is 5.82 Å². The Labute approximate surface area is 146 Å². The number of nitrogens with one attached hydrogen (secondary N) is 2. The quantitative estimate of drug-likeness (QED) is 0.840. The van der Waals surface area contributed by atoms with Crippen molar-refractivity contribution >= 4 is 29.1 Å². The van der Waals surface area contributed by atoms with Crippen LogP contribution in [0.3, 0.4) is 0 Å². The van der Waals surface area contributed by atoms with Gasteiger partial charge in [0.25, 0.3) is 0 Å². The summed E-state index contributed by atoms with van der Waals surface area (Å²) in [6.07, 6.45) is 6.40. The molecule has 0 radical (unpaired) electrons. The lowest BCUT2D eigenvalue weighted by molar-refractivity contribution is -0.134. The highest BCUT2D eigenvalue weighted by atomic mass is 35.5. The average Bonchev–Trinajstić information content (AvgIpc) is 3.34. The van der Waals surface area contributed by atoms with Gasteiger partial charge in [0, 0.05) is 17.5 Å². The van der Waals surface area contributed by atoms with E-state index in [0.717, 1.165) is 32.1 Å². The molecule has 0 atom stereocenters. The summed E-state index contributed by atoms with van der Waals surface area (Å²) in [5.74, 6) is -0.912. The molecule has 0 saturated heterocycles. The van der Waals surface area contributed by atoms with Crippen LogP contribution in [0, 0.1) is 11.2 Å². The van der Waals surface area contributed by atoms with Gasteiger partial charge >= 0.3 is 0 Å². The molecule has 1 aromatic carbocycles. The van der Waals surface area contributed by atoms with Gasteiger partial charge < -0.3 is 10.6 Å². The number of anilines is 1. The van der Waals surface area contributed by atoms with Crippen molar-refractivity contribution in [1.82, 2.24) is 5.32 Å². The van der Waals surface area contributed by atoms with Crippen LogP contribution in [0.2, 0.25) is 5.02 Å². The Morgan fingerprint density at radius 2 is 1.92 bits per heavy atom. The summed E-state index contributed by atoms with van der Waals surface area (Å²) < 4.78 is 14.0. The standard InChI is InChI=1S/C18H22ClFN2O2/c19-12-4-7-15(14(20)10-12)22-17(24)18(8-2-1-3-9-18)11-16(23)21-13-5-6-13/h4,7,10,13H,1-3,5-6,8-9,11H2,(H,21,23)(H,22,24). The predicted octanol–water partition coefficient (Wildman–Crippen LogP) is 4.04. The second kappa shape index (κ2) is 7.09. The Bertz CT molecular complexity index is 640. The minimum Gasteiger partial charge on any atom is -0.353 e. The van der Waals surface area contributed by atoms with Crippen molar-refractivity contribution < 1.29 is 14.0 Å². The maximum atomic E-state index is 14.0. The highest BCUT2D eigenvalue weighted by molar-refractivity contribution is 6.30. The zero-order valence-corrected chi connectivity index (χ0v) is 14.3. The molecule has 24 heavy (non-hydrogen) atoms. The summed E-state index contributed by atoms with van der Waals surface area (Å²) in [5, 5.41) is 5.90. The second-order valence-corrected chi connectivity index (χ2v) is 7.37. The smallest absolute Gasteiger partial charge is 0.231 e. The van der Waals surface area contributed by atoms with Crippen molar-refractivity contribution in [2.75, 3.05) is 5.32 Å². The summed E-state index contributed by atoms with van der Waals surface area (Å²) in [6, 6.07) is 4.43. The summed E-state index contributed by atoms with van der Waals surface area (Å²) in [4.78, 5) is 25.1. The molecule has 4 nitrogen and oxygen atoms in total. The van der Waals surface area contributed by atoms with E-state index in [1.54, 1.807) is 0 Å². The van der Waals surface area contributed by atoms with E-state index < -0.39 is 11.2 Å². The maximum Gasteiger partial charge on any atom is 0.231 e. The Morgan fingerprint density at radius 3 is 2.54 bits per heavy atom. The van der Waals surface area contributed by atoms with Crippen molar-refractivity contribution in [3.8, 4) is 0 Å². The van der Waals surface area contributed by atoms with E-state index in [-0.39, 0.29) is 35.0 Å². The first kappa shape index (κ1) is 17.2. The van der Waals surface area contributed by atoms with Crippen molar-refractivity contribution in [3.05, 3.63) is 29.0 Å². The second-order valence-electron chi connectivity index (χ2n) is 6.94. The molecule has 2 saturated carbocycles. The maximum absolute atomic E-state index is 14.0. The van der Waals surface area contributed by atoms with E-state index in [9.17, 15) is 14.0 Å². The normalized spacial score (nSPS) is 19.6. The number of hydrogen-bond acceptors (Lipinski definition) is 2. The van der Waals surface area contributed by atoms with E-state index in [1.807, 2.05) is 0 Å². The number of rotatable bonds is 5. The molecular formula is C18H22ClFN2O2. The summed E-state index contributed by atoms with van der Waals surface area (Å²) >= 11 is 5.75. The largest absolute Gasteiger partial charge is 0.353 e. The molecule has 2 fully saturated rings. The number of halogens is 2. The van der Waals surface area contributed by atoms with Gasteiger partial charge in [-0.2, -0.15) is 0 Å². The Hall–Kier alpha value is -1.62. The van der Waals surface area contributed by atoms with Crippen LogP contribution in [-0.2, 0) is 9.59 Å². The van der Waals surface area contributed by atoms with Gasteiger partial charge in [-0.05, 0) is 43.9 Å². The van der Waals surface area contributed by atoms with E-state index in [0.29, 0.717) is 12.8 Å². The monoisotopic (exact) mass is 352 g/mol. The van der Waals surface area contributed by atoms with Gasteiger partial charge in [-0.15, -0.1) is 0 Å². The molecule has 2 amide bonds. The molecule has 0 aromatic heterocycles.